The second kappa shape index (κ2) is 15.0. The van der Waals surface area contributed by atoms with Gasteiger partial charge in [0, 0.05) is 37.7 Å². The molecule has 10 heteroatoms. The van der Waals surface area contributed by atoms with Crippen molar-refractivity contribution >= 4 is 50.9 Å². The molecule has 1 saturated carbocycles. The maximum absolute atomic E-state index is 13.4. The molecule has 9 nitrogen and oxygen atoms in total. The number of rotatable bonds is 14. The van der Waals surface area contributed by atoms with Crippen LogP contribution in [0.2, 0.25) is 0 Å². The van der Waals surface area contributed by atoms with E-state index in [0.29, 0.717) is 37.7 Å². The van der Waals surface area contributed by atoms with Crippen LogP contribution in [-0.2, 0) is 20.9 Å². The van der Waals surface area contributed by atoms with E-state index < -0.39 is 5.97 Å². The average Bonchev–Trinajstić information content (AvgIpc) is 3.57. The summed E-state index contributed by atoms with van der Waals surface area (Å²) >= 11 is 1.55. The van der Waals surface area contributed by atoms with Crippen LogP contribution < -0.4 is 15.5 Å². The number of nitrogens with zero attached hydrogens (tertiary/aromatic N) is 2. The highest BCUT2D eigenvalue weighted by Gasteiger charge is 2.27. The molecule has 0 radical (unpaired) electrons. The molecular formula is C32H42N4O5S. The quantitative estimate of drug-likeness (QED) is 0.217. The fourth-order valence-electron chi connectivity index (χ4n) is 5.75. The Morgan fingerprint density at radius 3 is 2.52 bits per heavy atom. The van der Waals surface area contributed by atoms with Crippen molar-refractivity contribution in [2.45, 2.75) is 71.8 Å². The van der Waals surface area contributed by atoms with Crippen molar-refractivity contribution in [3.05, 3.63) is 53.0 Å². The van der Waals surface area contributed by atoms with Crippen LogP contribution in [0.1, 0.15) is 74.3 Å². The van der Waals surface area contributed by atoms with Gasteiger partial charge in [0.1, 0.15) is 12.2 Å². The first-order chi connectivity index (χ1) is 20.3. The van der Waals surface area contributed by atoms with Crippen LogP contribution >= 0.6 is 11.3 Å². The number of nitrogens with one attached hydrogen (secondary N) is 2. The lowest BCUT2D eigenvalue weighted by Gasteiger charge is -2.28. The molecule has 1 fully saturated rings. The lowest BCUT2D eigenvalue weighted by Crippen LogP contribution is -2.37. The van der Waals surface area contributed by atoms with Gasteiger partial charge in [-0.1, -0.05) is 18.6 Å². The van der Waals surface area contributed by atoms with Gasteiger partial charge in [0.15, 0.2) is 0 Å². The topological polar surface area (TPSA) is 121 Å². The molecule has 1 aliphatic rings. The molecule has 0 atom stereocenters. The highest BCUT2D eigenvalue weighted by atomic mass is 32.1. The summed E-state index contributed by atoms with van der Waals surface area (Å²) in [7, 11) is 0. The van der Waals surface area contributed by atoms with Crippen molar-refractivity contribution < 1.29 is 24.3 Å². The number of aliphatic carboxylic acids is 1. The predicted octanol–water partition coefficient (Wildman–Crippen LogP) is 5.36. The normalized spacial score (nSPS) is 16.7. The molecular weight excluding hydrogens is 552 g/mol. The largest absolute Gasteiger partial charge is 0.481 e. The summed E-state index contributed by atoms with van der Waals surface area (Å²) < 4.78 is 2.80. The zero-order valence-corrected chi connectivity index (χ0v) is 25.4. The molecule has 0 saturated heterocycles. The third-order valence-electron chi connectivity index (χ3n) is 8.11. The summed E-state index contributed by atoms with van der Waals surface area (Å²) in [4.78, 5) is 51.7. The summed E-state index contributed by atoms with van der Waals surface area (Å²) in [6.07, 6.45) is 5.69. The van der Waals surface area contributed by atoms with Crippen LogP contribution in [0, 0.1) is 18.8 Å². The molecule has 0 aliphatic heterocycles. The number of carboxylic acids is 1. The lowest BCUT2D eigenvalue weighted by atomic mass is 9.81. The summed E-state index contributed by atoms with van der Waals surface area (Å²) in [5.74, 6) is -0.679. The molecule has 0 bridgehead atoms. The molecule has 0 spiro atoms. The Morgan fingerprint density at radius 2 is 1.81 bits per heavy atom. The van der Waals surface area contributed by atoms with Crippen molar-refractivity contribution in [2.75, 3.05) is 24.5 Å². The number of benzene rings is 1. The number of carbonyl (C=O) groups excluding carboxylic acids is 3. The Morgan fingerprint density at radius 1 is 1.02 bits per heavy atom. The van der Waals surface area contributed by atoms with Crippen molar-refractivity contribution in [3.8, 4) is 0 Å². The smallest absolute Gasteiger partial charge is 0.303 e. The molecule has 3 amide bonds. The number of carbonyl (C=O) groups is 4. The number of unbranched alkanes of at least 4 members (excludes halogenated alkanes) is 2. The minimum absolute atomic E-state index is 0.0130. The zero-order valence-electron chi connectivity index (χ0n) is 24.6. The zero-order chi connectivity index (χ0) is 30.1. The average molecular weight is 595 g/mol. The minimum Gasteiger partial charge on any atom is -0.481 e. The van der Waals surface area contributed by atoms with E-state index in [9.17, 15) is 19.2 Å². The van der Waals surface area contributed by atoms with Gasteiger partial charge in [0.2, 0.25) is 11.8 Å². The Hall–Kier alpha value is -3.66. The van der Waals surface area contributed by atoms with E-state index in [1.807, 2.05) is 60.2 Å². The molecule has 2 heterocycles. The molecule has 42 heavy (non-hydrogen) atoms. The maximum atomic E-state index is 13.4. The number of likely N-dealkylation sites (N-methyl/N-ethyl adjacent to an activating group) is 1. The summed E-state index contributed by atoms with van der Waals surface area (Å²) in [6.45, 7) is 5.67. The number of thiophene rings is 1. The molecule has 2 aromatic heterocycles. The van der Waals surface area contributed by atoms with E-state index >= 15 is 0 Å². The number of carboxylic acid groups (broad SMARTS) is 1. The number of hydrogen-bond donors (Lipinski definition) is 3. The van der Waals surface area contributed by atoms with Gasteiger partial charge in [-0.15, -0.1) is 11.3 Å². The van der Waals surface area contributed by atoms with Gasteiger partial charge in [-0.05, 0) is 93.5 Å². The Bertz CT molecular complexity index is 1390. The predicted molar refractivity (Wildman–Crippen MR) is 166 cm³/mol. The third-order valence-corrected chi connectivity index (χ3v) is 8.97. The van der Waals surface area contributed by atoms with Crippen molar-refractivity contribution in [3.63, 3.8) is 0 Å². The Labute approximate surface area is 251 Å². The summed E-state index contributed by atoms with van der Waals surface area (Å²) in [6, 6.07) is 11.7. The number of aryl methyl sites for hydroxylation is 1. The van der Waals surface area contributed by atoms with Crippen LogP contribution in [0.15, 0.2) is 41.8 Å². The Balaban J connectivity index is 1.28. The number of hydrogen-bond acceptors (Lipinski definition) is 5. The highest BCUT2D eigenvalue weighted by molar-refractivity contribution is 7.17. The SMILES string of the molecule is CCN(C(=O)Cn1c(C(=O)NC[C@H]2CC[C@H](C(=O)NCCCCCC(=O)O)CC2)cc2sccc21)c1cccc(C)c1. The van der Waals surface area contributed by atoms with Crippen LogP contribution in [0.4, 0.5) is 5.69 Å². The molecule has 3 aromatic rings. The number of fused-ring (bicyclic) bond motifs is 1. The van der Waals surface area contributed by atoms with Gasteiger partial charge in [-0.25, -0.2) is 0 Å². The van der Waals surface area contributed by atoms with Gasteiger partial charge in [-0.3, -0.25) is 19.2 Å². The number of aromatic nitrogens is 1. The van der Waals surface area contributed by atoms with Crippen molar-refractivity contribution in [2.24, 2.45) is 11.8 Å². The molecule has 0 unspecified atom stereocenters. The summed E-state index contributed by atoms with van der Waals surface area (Å²) in [5.41, 5.74) is 3.30. The highest BCUT2D eigenvalue weighted by Crippen LogP contribution is 2.29. The van der Waals surface area contributed by atoms with Gasteiger partial charge in [-0.2, -0.15) is 0 Å². The van der Waals surface area contributed by atoms with E-state index in [-0.39, 0.29) is 36.6 Å². The van der Waals surface area contributed by atoms with E-state index in [1.165, 1.54) is 0 Å². The first-order valence-electron chi connectivity index (χ1n) is 15.0. The lowest BCUT2D eigenvalue weighted by molar-refractivity contribution is -0.137. The Kier molecular flexibility index (Phi) is 11.2. The standard InChI is InChI=1S/C32H42N4O5S/c1-3-35(25-9-7-8-22(2)18-25)29(37)21-36-26-15-17-42-28(26)19-27(36)32(41)34-20-23-11-13-24(14-12-23)31(40)33-16-6-4-5-10-30(38)39/h7-9,15,17-19,23-24H,3-6,10-14,16,20-21H2,1-2H3,(H,33,40)(H,34,41)(H,38,39)/t23-,24-. The van der Waals surface area contributed by atoms with Gasteiger partial charge < -0.3 is 25.2 Å². The molecule has 1 aliphatic carbocycles. The van der Waals surface area contributed by atoms with E-state index in [0.717, 1.165) is 60.0 Å². The fourth-order valence-corrected chi connectivity index (χ4v) is 6.57. The first kappa shape index (κ1) is 31.3. The maximum Gasteiger partial charge on any atom is 0.303 e. The number of amides is 3. The van der Waals surface area contributed by atoms with Gasteiger partial charge in [0.25, 0.3) is 5.91 Å². The third kappa shape index (κ3) is 8.21. The van der Waals surface area contributed by atoms with E-state index in [1.54, 1.807) is 16.2 Å². The monoisotopic (exact) mass is 594 g/mol. The molecule has 3 N–H and O–H groups in total. The van der Waals surface area contributed by atoms with Crippen LogP contribution in [0.5, 0.6) is 0 Å². The van der Waals surface area contributed by atoms with Crippen LogP contribution in [0.25, 0.3) is 10.2 Å². The second-order valence-electron chi connectivity index (χ2n) is 11.2. The van der Waals surface area contributed by atoms with E-state index in [2.05, 4.69) is 10.6 Å². The van der Waals surface area contributed by atoms with Crippen molar-refractivity contribution in [1.29, 1.82) is 0 Å². The minimum atomic E-state index is -0.784. The van der Waals surface area contributed by atoms with Crippen LogP contribution in [-0.4, -0.2) is 53.0 Å². The number of anilines is 1. The molecule has 226 valence electrons. The molecule has 4 rings (SSSR count). The first-order valence-corrected chi connectivity index (χ1v) is 15.9. The van der Waals surface area contributed by atoms with Crippen LogP contribution in [0.3, 0.4) is 0 Å². The van der Waals surface area contributed by atoms with Crippen molar-refractivity contribution in [1.82, 2.24) is 15.2 Å². The summed E-state index contributed by atoms with van der Waals surface area (Å²) in [5, 5.41) is 16.8. The fraction of sp³-hybridized carbons (Fsp3) is 0.500. The second-order valence-corrected chi connectivity index (χ2v) is 12.1. The van der Waals surface area contributed by atoms with E-state index in [4.69, 9.17) is 5.11 Å². The van der Waals surface area contributed by atoms with Gasteiger partial charge in [0.05, 0.1) is 10.2 Å². The molecule has 1 aromatic carbocycles. The van der Waals surface area contributed by atoms with Gasteiger partial charge >= 0.3 is 5.97 Å².